The van der Waals surface area contributed by atoms with E-state index in [-0.39, 0.29) is 11.4 Å². The van der Waals surface area contributed by atoms with Crippen molar-refractivity contribution in [1.82, 2.24) is 4.98 Å². The zero-order valence-corrected chi connectivity index (χ0v) is 10.0. The monoisotopic (exact) mass is 282 g/mol. The maximum atomic E-state index is 12.6. The number of hydrogen-bond acceptors (Lipinski definition) is 2. The second-order valence-electron chi connectivity index (χ2n) is 3.85. The molecule has 7 heteroatoms. The molecule has 0 atom stereocenters. The molecule has 0 bridgehead atoms. The highest BCUT2D eigenvalue weighted by molar-refractivity contribution is 5.94. The molecule has 0 fully saturated rings. The minimum atomic E-state index is -4.63. The molecule has 0 aliphatic heterocycles. The van der Waals surface area contributed by atoms with Gasteiger partial charge in [-0.05, 0) is 24.3 Å². The number of rotatable bonds is 2. The quantitative estimate of drug-likeness (QED) is 0.908. The number of alkyl halides is 3. The summed E-state index contributed by atoms with van der Waals surface area (Å²) in [7, 11) is 0. The smallest absolute Gasteiger partial charge is 0.433 e. The van der Waals surface area contributed by atoms with E-state index in [1.54, 1.807) is 18.2 Å². The van der Waals surface area contributed by atoms with E-state index in [0.29, 0.717) is 6.07 Å². The van der Waals surface area contributed by atoms with Crippen molar-refractivity contribution < 1.29 is 23.1 Å². The molecule has 20 heavy (non-hydrogen) atoms. The van der Waals surface area contributed by atoms with Gasteiger partial charge in [-0.15, -0.1) is 0 Å². The first kappa shape index (κ1) is 13.9. The molecule has 1 heterocycles. The Hall–Kier alpha value is -2.57. The number of anilines is 2. The molecule has 0 aliphatic carbocycles. The van der Waals surface area contributed by atoms with Crippen LogP contribution < -0.4 is 4.90 Å². The molecule has 4 nitrogen and oxygen atoms in total. The molecule has 1 aromatic carbocycles. The van der Waals surface area contributed by atoms with E-state index in [0.717, 1.165) is 11.1 Å². The predicted molar refractivity (Wildman–Crippen MR) is 65.8 cm³/mol. The molecule has 1 aromatic heterocycles. The number of para-hydroxylation sites is 1. The lowest BCUT2D eigenvalue weighted by molar-refractivity contribution is -0.141. The number of halogens is 3. The Morgan fingerprint density at radius 2 is 1.75 bits per heavy atom. The summed E-state index contributed by atoms with van der Waals surface area (Å²) >= 11 is 0. The largest absolute Gasteiger partial charge is 0.464 e. The van der Waals surface area contributed by atoms with Gasteiger partial charge < -0.3 is 5.11 Å². The number of benzene rings is 1. The average Bonchev–Trinajstić information content (AvgIpc) is 2.39. The van der Waals surface area contributed by atoms with E-state index < -0.39 is 18.0 Å². The molecule has 2 rings (SSSR count). The molecule has 0 saturated heterocycles. The molecule has 1 amide bonds. The third-order valence-electron chi connectivity index (χ3n) is 2.50. The molecule has 0 saturated carbocycles. The highest BCUT2D eigenvalue weighted by Crippen LogP contribution is 2.32. The lowest BCUT2D eigenvalue weighted by Crippen LogP contribution is -2.24. The van der Waals surface area contributed by atoms with E-state index >= 15 is 0 Å². The highest BCUT2D eigenvalue weighted by Gasteiger charge is 2.33. The van der Waals surface area contributed by atoms with Gasteiger partial charge in [0.25, 0.3) is 0 Å². The average molecular weight is 282 g/mol. The SMILES string of the molecule is O=C(O)N(c1ccccc1)c1ccnc(C(F)(F)F)c1. The van der Waals surface area contributed by atoms with Crippen molar-refractivity contribution in [2.45, 2.75) is 6.18 Å². The number of pyridine rings is 1. The summed E-state index contributed by atoms with van der Waals surface area (Å²) in [5.74, 6) is 0. The van der Waals surface area contributed by atoms with Crippen LogP contribution >= 0.6 is 0 Å². The fourth-order valence-electron chi connectivity index (χ4n) is 1.66. The minimum Gasteiger partial charge on any atom is -0.464 e. The summed E-state index contributed by atoms with van der Waals surface area (Å²) < 4.78 is 37.8. The number of carbonyl (C=O) groups is 1. The van der Waals surface area contributed by atoms with Gasteiger partial charge in [-0.25, -0.2) is 9.69 Å². The molecule has 0 spiro atoms. The zero-order chi connectivity index (χ0) is 14.8. The molecular weight excluding hydrogens is 273 g/mol. The molecule has 0 aliphatic rings. The van der Waals surface area contributed by atoms with Crippen LogP contribution in [-0.4, -0.2) is 16.2 Å². The van der Waals surface area contributed by atoms with Gasteiger partial charge in [0.1, 0.15) is 5.69 Å². The summed E-state index contributed by atoms with van der Waals surface area (Å²) in [5, 5.41) is 9.20. The van der Waals surface area contributed by atoms with Gasteiger partial charge in [-0.3, -0.25) is 4.98 Å². The van der Waals surface area contributed by atoms with Crippen LogP contribution in [0.3, 0.4) is 0 Å². The van der Waals surface area contributed by atoms with Crippen LogP contribution in [0.2, 0.25) is 0 Å². The van der Waals surface area contributed by atoms with Crippen LogP contribution in [0.25, 0.3) is 0 Å². The van der Waals surface area contributed by atoms with E-state index in [1.165, 1.54) is 18.2 Å². The van der Waals surface area contributed by atoms with Crippen molar-refractivity contribution >= 4 is 17.5 Å². The second kappa shape index (κ2) is 5.20. The first-order valence-corrected chi connectivity index (χ1v) is 5.51. The first-order valence-electron chi connectivity index (χ1n) is 5.51. The minimum absolute atomic E-state index is 0.119. The van der Waals surface area contributed by atoms with Crippen molar-refractivity contribution in [2.24, 2.45) is 0 Å². The van der Waals surface area contributed by atoms with Crippen LogP contribution in [0.15, 0.2) is 48.7 Å². The zero-order valence-electron chi connectivity index (χ0n) is 10.0. The van der Waals surface area contributed by atoms with Crippen molar-refractivity contribution in [3.63, 3.8) is 0 Å². The number of nitrogens with zero attached hydrogens (tertiary/aromatic N) is 2. The highest BCUT2D eigenvalue weighted by atomic mass is 19.4. The van der Waals surface area contributed by atoms with Crippen LogP contribution in [0.4, 0.5) is 29.3 Å². The second-order valence-corrected chi connectivity index (χ2v) is 3.85. The molecular formula is C13H9F3N2O2. The Balaban J connectivity index is 2.49. The number of aromatic nitrogens is 1. The Morgan fingerprint density at radius 3 is 2.30 bits per heavy atom. The number of amides is 1. The van der Waals surface area contributed by atoms with Gasteiger partial charge in [0.15, 0.2) is 0 Å². The lowest BCUT2D eigenvalue weighted by atomic mass is 10.2. The predicted octanol–water partition coefficient (Wildman–Crippen LogP) is 3.92. The molecule has 104 valence electrons. The van der Waals surface area contributed by atoms with Gasteiger partial charge in [0, 0.05) is 6.20 Å². The molecule has 1 N–H and O–H groups in total. The van der Waals surface area contributed by atoms with Gasteiger partial charge in [-0.1, -0.05) is 18.2 Å². The third-order valence-corrected chi connectivity index (χ3v) is 2.50. The van der Waals surface area contributed by atoms with E-state index in [4.69, 9.17) is 0 Å². The maximum Gasteiger partial charge on any atom is 0.433 e. The number of carboxylic acid groups (broad SMARTS) is 1. The standard InChI is InChI=1S/C13H9F3N2O2/c14-13(15,16)11-8-10(6-7-17-11)18(12(19)20)9-4-2-1-3-5-9/h1-8H,(H,19,20). The van der Waals surface area contributed by atoms with Crippen molar-refractivity contribution in [3.05, 3.63) is 54.4 Å². The van der Waals surface area contributed by atoms with Gasteiger partial charge >= 0.3 is 12.3 Å². The normalized spacial score (nSPS) is 11.2. The van der Waals surface area contributed by atoms with Crippen molar-refractivity contribution in [1.29, 1.82) is 0 Å². The summed E-state index contributed by atoms with van der Waals surface area (Å²) in [6.45, 7) is 0. The fraction of sp³-hybridized carbons (Fsp3) is 0.0769. The summed E-state index contributed by atoms with van der Waals surface area (Å²) in [6.07, 6.45) is -5.08. The maximum absolute atomic E-state index is 12.6. The third kappa shape index (κ3) is 2.87. The van der Waals surface area contributed by atoms with Gasteiger partial charge in [-0.2, -0.15) is 13.2 Å². The van der Waals surface area contributed by atoms with Crippen LogP contribution in [0.1, 0.15) is 5.69 Å². The van der Waals surface area contributed by atoms with E-state index in [2.05, 4.69) is 4.98 Å². The van der Waals surface area contributed by atoms with Gasteiger partial charge in [0.05, 0.1) is 11.4 Å². The number of hydrogen-bond donors (Lipinski definition) is 1. The summed E-state index contributed by atoms with van der Waals surface area (Å²) in [6, 6.07) is 9.74. The molecule has 2 aromatic rings. The Labute approximate surface area is 112 Å². The Bertz CT molecular complexity index is 615. The Kier molecular flexibility index (Phi) is 3.60. The van der Waals surface area contributed by atoms with Crippen LogP contribution in [-0.2, 0) is 6.18 Å². The summed E-state index contributed by atoms with van der Waals surface area (Å²) in [5.41, 5.74) is -1.01. The lowest BCUT2D eigenvalue weighted by Gasteiger charge is -2.20. The summed E-state index contributed by atoms with van der Waals surface area (Å²) in [4.78, 5) is 15.2. The van der Waals surface area contributed by atoms with Crippen LogP contribution in [0.5, 0.6) is 0 Å². The molecule has 0 radical (unpaired) electrons. The fourth-order valence-corrected chi connectivity index (χ4v) is 1.66. The first-order chi connectivity index (χ1) is 9.39. The van der Waals surface area contributed by atoms with E-state index in [9.17, 15) is 23.1 Å². The Morgan fingerprint density at radius 1 is 1.10 bits per heavy atom. The van der Waals surface area contributed by atoms with Crippen molar-refractivity contribution in [3.8, 4) is 0 Å². The molecule has 0 unspecified atom stereocenters. The van der Waals surface area contributed by atoms with E-state index in [1.807, 2.05) is 0 Å². The van der Waals surface area contributed by atoms with Gasteiger partial charge in [0.2, 0.25) is 0 Å². The topological polar surface area (TPSA) is 53.4 Å². The van der Waals surface area contributed by atoms with Crippen molar-refractivity contribution in [2.75, 3.05) is 4.90 Å². The van der Waals surface area contributed by atoms with Crippen LogP contribution in [0, 0.1) is 0 Å².